The number of anilines is 1. The number of thiazole rings is 1. The van der Waals surface area contributed by atoms with Gasteiger partial charge in [0.1, 0.15) is 0 Å². The summed E-state index contributed by atoms with van der Waals surface area (Å²) in [7, 11) is 0. The van der Waals surface area contributed by atoms with Crippen molar-refractivity contribution in [1.29, 1.82) is 0 Å². The first-order valence-corrected chi connectivity index (χ1v) is 10.4. The molecule has 1 saturated heterocycles. The zero-order valence-electron chi connectivity index (χ0n) is 15.1. The molecule has 7 nitrogen and oxygen atoms in total. The van der Waals surface area contributed by atoms with E-state index in [0.29, 0.717) is 21.6 Å². The number of aromatic nitrogens is 3. The van der Waals surface area contributed by atoms with E-state index in [9.17, 15) is 9.59 Å². The summed E-state index contributed by atoms with van der Waals surface area (Å²) in [5, 5.41) is 10.1. The molecule has 1 unspecified atom stereocenters. The van der Waals surface area contributed by atoms with Gasteiger partial charge in [-0.2, -0.15) is 4.98 Å². The number of carbonyl (C=O) groups is 2. The number of carbonyl (C=O) groups excluding carboxylic acids is 2. The maximum Gasteiger partial charge on any atom is 0.250 e. The molecule has 2 aromatic heterocycles. The second-order valence-electron chi connectivity index (χ2n) is 6.91. The van der Waals surface area contributed by atoms with Crippen molar-refractivity contribution in [3.05, 3.63) is 33.6 Å². The number of benzene rings is 1. The molecule has 1 N–H and O–H groups in total. The third-order valence-corrected chi connectivity index (χ3v) is 6.05. The number of hydrogen-bond donors (Lipinski definition) is 1. The largest absolute Gasteiger partial charge is 0.339 e. The Balaban J connectivity index is 1.56. The van der Waals surface area contributed by atoms with Gasteiger partial charge in [-0.3, -0.25) is 14.9 Å². The standard InChI is InChI=1S/C18H17Cl2N5O2S/c1-9(2)24-7-10(5-15(24)26)16(27)21-17-22-18-25(23-17)14(8-28-18)12-6-11(19)3-4-13(12)20/h3-4,6,8-10H,5,7H2,1-2H3,(H,21,23,27). The molecule has 1 aromatic carbocycles. The molecule has 2 amide bonds. The van der Waals surface area contributed by atoms with Crippen LogP contribution in [0.1, 0.15) is 20.3 Å². The van der Waals surface area contributed by atoms with E-state index in [-0.39, 0.29) is 30.2 Å². The van der Waals surface area contributed by atoms with Gasteiger partial charge >= 0.3 is 0 Å². The molecular weight excluding hydrogens is 421 g/mol. The first-order valence-electron chi connectivity index (χ1n) is 8.73. The second-order valence-corrected chi connectivity index (χ2v) is 8.59. The highest BCUT2D eigenvalue weighted by Gasteiger charge is 2.35. The van der Waals surface area contributed by atoms with Crippen LogP contribution >= 0.6 is 34.5 Å². The predicted octanol–water partition coefficient (Wildman–Crippen LogP) is 3.96. The maximum atomic E-state index is 12.6. The average molecular weight is 438 g/mol. The van der Waals surface area contributed by atoms with E-state index >= 15 is 0 Å². The van der Waals surface area contributed by atoms with Crippen LogP contribution in [0.15, 0.2) is 23.6 Å². The molecule has 3 aromatic rings. The van der Waals surface area contributed by atoms with Crippen LogP contribution in [0, 0.1) is 5.92 Å². The second kappa shape index (κ2) is 7.35. The highest BCUT2D eigenvalue weighted by atomic mass is 35.5. The summed E-state index contributed by atoms with van der Waals surface area (Å²) in [5.74, 6) is -0.464. The number of nitrogens with zero attached hydrogens (tertiary/aromatic N) is 4. The molecule has 146 valence electrons. The van der Waals surface area contributed by atoms with Gasteiger partial charge in [-0.1, -0.05) is 23.2 Å². The Hall–Kier alpha value is -2.16. The van der Waals surface area contributed by atoms with Crippen molar-refractivity contribution >= 4 is 57.3 Å². The van der Waals surface area contributed by atoms with E-state index in [1.54, 1.807) is 27.6 Å². The van der Waals surface area contributed by atoms with Crippen LogP contribution in [0.2, 0.25) is 10.0 Å². The smallest absolute Gasteiger partial charge is 0.250 e. The lowest BCUT2D eigenvalue weighted by Gasteiger charge is -2.20. The van der Waals surface area contributed by atoms with Crippen molar-refractivity contribution in [2.45, 2.75) is 26.3 Å². The zero-order chi connectivity index (χ0) is 20.0. The number of hydrogen-bond acceptors (Lipinski definition) is 5. The Kier molecular flexibility index (Phi) is 5.03. The molecule has 0 radical (unpaired) electrons. The Morgan fingerprint density at radius 3 is 2.86 bits per heavy atom. The van der Waals surface area contributed by atoms with E-state index in [0.717, 1.165) is 11.3 Å². The molecule has 0 aliphatic carbocycles. The summed E-state index contributed by atoms with van der Waals surface area (Å²) < 4.78 is 1.62. The first-order chi connectivity index (χ1) is 13.3. The number of fused-ring (bicyclic) bond motifs is 1. The van der Waals surface area contributed by atoms with Gasteiger partial charge in [-0.05, 0) is 32.0 Å². The molecule has 1 aliphatic heterocycles. The zero-order valence-corrected chi connectivity index (χ0v) is 17.5. The van der Waals surface area contributed by atoms with Gasteiger partial charge in [0.25, 0.3) is 0 Å². The van der Waals surface area contributed by atoms with Crippen LogP contribution in [0.3, 0.4) is 0 Å². The fourth-order valence-corrected chi connectivity index (χ4v) is 4.44. The van der Waals surface area contributed by atoms with E-state index in [4.69, 9.17) is 23.2 Å². The highest BCUT2D eigenvalue weighted by Crippen LogP contribution is 2.33. The number of nitrogens with one attached hydrogen (secondary N) is 1. The van der Waals surface area contributed by atoms with Crippen LogP contribution in [0.25, 0.3) is 16.2 Å². The van der Waals surface area contributed by atoms with Crippen LogP contribution < -0.4 is 5.32 Å². The quantitative estimate of drug-likeness (QED) is 0.669. The van der Waals surface area contributed by atoms with Gasteiger partial charge in [0, 0.05) is 35.0 Å². The lowest BCUT2D eigenvalue weighted by Crippen LogP contribution is -2.33. The molecule has 0 saturated carbocycles. The minimum absolute atomic E-state index is 0.00758. The summed E-state index contributed by atoms with van der Waals surface area (Å²) in [6.07, 6.45) is 0.204. The van der Waals surface area contributed by atoms with Crippen molar-refractivity contribution in [3.8, 4) is 11.3 Å². The summed E-state index contributed by atoms with van der Waals surface area (Å²) in [6, 6.07) is 5.27. The normalized spacial score (nSPS) is 17.1. The van der Waals surface area contributed by atoms with Gasteiger partial charge in [0.15, 0.2) is 0 Å². The van der Waals surface area contributed by atoms with Crippen molar-refractivity contribution < 1.29 is 9.59 Å². The molecule has 0 spiro atoms. The summed E-state index contributed by atoms with van der Waals surface area (Å²) in [5.41, 5.74) is 1.47. The van der Waals surface area contributed by atoms with Crippen molar-refractivity contribution in [2.24, 2.45) is 5.92 Å². The average Bonchev–Trinajstić information content (AvgIpc) is 3.31. The van der Waals surface area contributed by atoms with Gasteiger partial charge < -0.3 is 4.90 Å². The SMILES string of the molecule is CC(C)N1CC(C(=O)Nc2nc3scc(-c4cc(Cl)ccc4Cl)n3n2)CC1=O. The molecule has 0 bridgehead atoms. The van der Waals surface area contributed by atoms with E-state index in [2.05, 4.69) is 15.4 Å². The molecule has 28 heavy (non-hydrogen) atoms. The predicted molar refractivity (Wildman–Crippen MR) is 110 cm³/mol. The van der Waals surface area contributed by atoms with Crippen LogP contribution in [-0.2, 0) is 9.59 Å². The summed E-state index contributed by atoms with van der Waals surface area (Å²) in [4.78, 5) is 31.3. The number of likely N-dealkylation sites (tertiary alicyclic amines) is 1. The van der Waals surface area contributed by atoms with Gasteiger partial charge in [-0.15, -0.1) is 16.4 Å². The lowest BCUT2D eigenvalue weighted by atomic mass is 10.1. The molecule has 1 aliphatic rings. The molecule has 1 atom stereocenters. The number of halogens is 2. The van der Waals surface area contributed by atoms with Crippen molar-refractivity contribution in [1.82, 2.24) is 19.5 Å². The fourth-order valence-electron chi connectivity index (χ4n) is 3.23. The number of rotatable bonds is 4. The Morgan fingerprint density at radius 1 is 1.36 bits per heavy atom. The van der Waals surface area contributed by atoms with Gasteiger partial charge in [0.2, 0.25) is 22.7 Å². The maximum absolute atomic E-state index is 12.6. The molecule has 3 heterocycles. The van der Waals surface area contributed by atoms with Gasteiger partial charge in [-0.25, -0.2) is 4.52 Å². The van der Waals surface area contributed by atoms with Crippen molar-refractivity contribution in [3.63, 3.8) is 0 Å². The summed E-state index contributed by atoms with van der Waals surface area (Å²) >= 11 is 13.8. The lowest BCUT2D eigenvalue weighted by molar-refractivity contribution is -0.129. The minimum atomic E-state index is -0.404. The molecule has 1 fully saturated rings. The Morgan fingerprint density at radius 2 is 2.14 bits per heavy atom. The van der Waals surface area contributed by atoms with Gasteiger partial charge in [0.05, 0.1) is 16.6 Å². The minimum Gasteiger partial charge on any atom is -0.339 e. The molecule has 4 rings (SSSR count). The fraction of sp³-hybridized carbons (Fsp3) is 0.333. The third-order valence-electron chi connectivity index (χ3n) is 4.67. The number of amides is 2. The molecule has 10 heteroatoms. The van der Waals surface area contributed by atoms with Crippen molar-refractivity contribution in [2.75, 3.05) is 11.9 Å². The van der Waals surface area contributed by atoms with Crippen LogP contribution in [0.5, 0.6) is 0 Å². The van der Waals surface area contributed by atoms with E-state index < -0.39 is 5.92 Å². The Bertz CT molecular complexity index is 1080. The van der Waals surface area contributed by atoms with E-state index in [1.165, 1.54) is 11.3 Å². The Labute approximate surface area is 175 Å². The summed E-state index contributed by atoms with van der Waals surface area (Å²) in [6.45, 7) is 4.28. The van der Waals surface area contributed by atoms with Crippen LogP contribution in [0.4, 0.5) is 5.95 Å². The third kappa shape index (κ3) is 3.47. The highest BCUT2D eigenvalue weighted by molar-refractivity contribution is 7.15. The molecular formula is C18H17Cl2N5O2S. The van der Waals surface area contributed by atoms with E-state index in [1.807, 2.05) is 19.2 Å². The van der Waals surface area contributed by atoms with Crippen LogP contribution in [-0.4, -0.2) is 43.9 Å². The monoisotopic (exact) mass is 437 g/mol. The first kappa shape index (κ1) is 19.2. The topological polar surface area (TPSA) is 79.6 Å².